The molecule has 1 aromatic carbocycles. The molecule has 0 radical (unpaired) electrons. The second-order valence-electron chi connectivity index (χ2n) is 4.32. The van der Waals surface area contributed by atoms with Gasteiger partial charge in [-0.25, -0.2) is 0 Å². The molecule has 1 N–H and O–H groups in total. The van der Waals surface area contributed by atoms with E-state index in [4.69, 9.17) is 9.47 Å². The number of rotatable bonds is 1. The van der Waals surface area contributed by atoms with Gasteiger partial charge in [-0.2, -0.15) is 0 Å². The molecule has 82 valence electrons. The molecule has 0 fully saturated rings. The van der Waals surface area contributed by atoms with Crippen LogP contribution in [-0.4, -0.2) is 18.0 Å². The van der Waals surface area contributed by atoms with Crippen LogP contribution in [0.15, 0.2) is 18.2 Å². The molecule has 2 unspecified atom stereocenters. The lowest BCUT2D eigenvalue weighted by atomic mass is 9.89. The van der Waals surface area contributed by atoms with Crippen molar-refractivity contribution < 1.29 is 14.6 Å². The Bertz CT molecular complexity index is 398. The van der Waals surface area contributed by atoms with Gasteiger partial charge < -0.3 is 14.6 Å². The van der Waals surface area contributed by atoms with Crippen LogP contribution < -0.4 is 4.74 Å². The van der Waals surface area contributed by atoms with Crippen molar-refractivity contribution in [3.63, 3.8) is 0 Å². The van der Waals surface area contributed by atoms with Crippen molar-refractivity contribution in [3.8, 4) is 5.75 Å². The molecule has 15 heavy (non-hydrogen) atoms. The Hall–Kier alpha value is -1.06. The van der Waals surface area contributed by atoms with Crippen molar-refractivity contribution in [2.75, 3.05) is 7.11 Å². The molecule has 1 heterocycles. The van der Waals surface area contributed by atoms with Gasteiger partial charge in [-0.3, -0.25) is 0 Å². The fourth-order valence-corrected chi connectivity index (χ4v) is 1.91. The first-order valence-electron chi connectivity index (χ1n) is 4.98. The van der Waals surface area contributed by atoms with E-state index in [1.54, 1.807) is 13.8 Å². The Morgan fingerprint density at radius 1 is 1.33 bits per heavy atom. The summed E-state index contributed by atoms with van der Waals surface area (Å²) >= 11 is 0. The van der Waals surface area contributed by atoms with Crippen molar-refractivity contribution in [1.82, 2.24) is 0 Å². The summed E-state index contributed by atoms with van der Waals surface area (Å²) in [5.41, 5.74) is 0.758. The predicted molar refractivity (Wildman–Crippen MR) is 56.8 cm³/mol. The maximum absolute atomic E-state index is 10.4. The zero-order valence-corrected chi connectivity index (χ0v) is 9.50. The van der Waals surface area contributed by atoms with Gasteiger partial charge in [-0.05, 0) is 26.0 Å². The smallest absolute Gasteiger partial charge is 0.240 e. The van der Waals surface area contributed by atoms with Crippen molar-refractivity contribution in [2.24, 2.45) is 0 Å². The summed E-state index contributed by atoms with van der Waals surface area (Å²) < 4.78 is 10.9. The normalized spacial score (nSPS) is 33.7. The van der Waals surface area contributed by atoms with E-state index in [-0.39, 0.29) is 0 Å². The Balaban J connectivity index is 2.58. The Morgan fingerprint density at radius 2 is 2.00 bits per heavy atom. The van der Waals surface area contributed by atoms with E-state index in [1.807, 2.05) is 25.1 Å². The molecule has 0 saturated heterocycles. The van der Waals surface area contributed by atoms with Gasteiger partial charge in [0.05, 0.1) is 0 Å². The molecule has 1 aliphatic rings. The van der Waals surface area contributed by atoms with E-state index >= 15 is 0 Å². The fraction of sp³-hybridized carbons (Fsp3) is 0.500. The second kappa shape index (κ2) is 2.97. The van der Waals surface area contributed by atoms with E-state index in [2.05, 4.69) is 0 Å². The minimum absolute atomic E-state index is 0.690. The third-order valence-electron chi connectivity index (χ3n) is 3.24. The summed E-state index contributed by atoms with van der Waals surface area (Å²) in [5.74, 6) is -0.321. The number of aryl methyl sites for hydroxylation is 1. The first-order valence-corrected chi connectivity index (χ1v) is 4.98. The monoisotopic (exact) mass is 208 g/mol. The van der Waals surface area contributed by atoms with E-state index in [1.165, 1.54) is 7.11 Å². The maximum atomic E-state index is 10.4. The SMILES string of the molecule is COC1(C)Oc2ccc(C)cc2C1(C)O. The lowest BCUT2D eigenvalue weighted by Crippen LogP contribution is -2.48. The molecule has 0 amide bonds. The first-order chi connectivity index (χ1) is 6.90. The van der Waals surface area contributed by atoms with Gasteiger partial charge in [0.1, 0.15) is 5.75 Å². The molecule has 1 aliphatic heterocycles. The van der Waals surface area contributed by atoms with E-state index in [0.29, 0.717) is 5.75 Å². The van der Waals surface area contributed by atoms with Crippen LogP contribution in [0.1, 0.15) is 25.0 Å². The Kier molecular flexibility index (Phi) is 2.07. The van der Waals surface area contributed by atoms with Crippen molar-refractivity contribution >= 4 is 0 Å². The van der Waals surface area contributed by atoms with Gasteiger partial charge in [-0.15, -0.1) is 0 Å². The van der Waals surface area contributed by atoms with Gasteiger partial charge in [0.25, 0.3) is 0 Å². The van der Waals surface area contributed by atoms with Crippen LogP contribution in [0.25, 0.3) is 0 Å². The highest BCUT2D eigenvalue weighted by Crippen LogP contribution is 2.47. The quantitative estimate of drug-likeness (QED) is 0.766. The minimum atomic E-state index is -1.12. The number of methoxy groups -OCH3 is 1. The zero-order chi connectivity index (χ0) is 11.3. The standard InChI is InChI=1S/C12H16O3/c1-8-5-6-10-9(7-8)11(2,13)12(3,14-4)15-10/h5-7,13H,1-4H3. The van der Waals surface area contributed by atoms with Gasteiger partial charge in [0.15, 0.2) is 5.60 Å². The molecule has 0 bridgehead atoms. The molecule has 3 heteroatoms. The highest BCUT2D eigenvalue weighted by atomic mass is 16.7. The summed E-state index contributed by atoms with van der Waals surface area (Å²) in [6.45, 7) is 5.43. The highest BCUT2D eigenvalue weighted by molar-refractivity contribution is 5.45. The molecule has 0 saturated carbocycles. The molecule has 2 rings (SSSR count). The average Bonchev–Trinajstić information content (AvgIpc) is 2.38. The molecule has 2 atom stereocenters. The second-order valence-corrected chi connectivity index (χ2v) is 4.32. The summed E-state index contributed by atoms with van der Waals surface area (Å²) in [6, 6.07) is 5.75. The number of ether oxygens (including phenoxy) is 2. The van der Waals surface area contributed by atoms with Crippen LogP contribution in [0.5, 0.6) is 5.75 Å². The van der Waals surface area contributed by atoms with Crippen LogP contribution in [0, 0.1) is 6.92 Å². The third kappa shape index (κ3) is 1.27. The number of fused-ring (bicyclic) bond motifs is 1. The van der Waals surface area contributed by atoms with Crippen molar-refractivity contribution in [1.29, 1.82) is 0 Å². The number of hydrogen-bond acceptors (Lipinski definition) is 3. The van der Waals surface area contributed by atoms with Crippen LogP contribution in [0.4, 0.5) is 0 Å². The summed E-state index contributed by atoms with van der Waals surface area (Å²) in [6.07, 6.45) is 0. The zero-order valence-electron chi connectivity index (χ0n) is 9.50. The Morgan fingerprint density at radius 3 is 2.60 bits per heavy atom. The lowest BCUT2D eigenvalue weighted by molar-refractivity contribution is -0.241. The molecular formula is C12H16O3. The van der Waals surface area contributed by atoms with Gasteiger partial charge in [-0.1, -0.05) is 11.6 Å². The largest absolute Gasteiger partial charge is 0.459 e. The van der Waals surface area contributed by atoms with Crippen LogP contribution >= 0.6 is 0 Å². The summed E-state index contributed by atoms with van der Waals surface area (Å²) in [7, 11) is 1.53. The van der Waals surface area contributed by atoms with Crippen LogP contribution in [0.3, 0.4) is 0 Å². The predicted octanol–water partition coefficient (Wildman–Crippen LogP) is 1.96. The average molecular weight is 208 g/mol. The first kappa shape index (κ1) is 10.5. The highest BCUT2D eigenvalue weighted by Gasteiger charge is 2.54. The van der Waals surface area contributed by atoms with E-state index < -0.39 is 11.4 Å². The number of benzene rings is 1. The number of aliphatic hydroxyl groups is 1. The maximum Gasteiger partial charge on any atom is 0.240 e. The van der Waals surface area contributed by atoms with Gasteiger partial charge in [0, 0.05) is 19.6 Å². The topological polar surface area (TPSA) is 38.7 Å². The molecule has 0 aliphatic carbocycles. The summed E-state index contributed by atoms with van der Waals surface area (Å²) in [5, 5.41) is 10.4. The molecule has 1 aromatic rings. The molecule has 0 aromatic heterocycles. The fourth-order valence-electron chi connectivity index (χ4n) is 1.91. The van der Waals surface area contributed by atoms with Gasteiger partial charge in [0.2, 0.25) is 5.79 Å². The van der Waals surface area contributed by atoms with Crippen LogP contribution in [0.2, 0.25) is 0 Å². The van der Waals surface area contributed by atoms with Gasteiger partial charge >= 0.3 is 0 Å². The molecule has 3 nitrogen and oxygen atoms in total. The lowest BCUT2D eigenvalue weighted by Gasteiger charge is -2.33. The minimum Gasteiger partial charge on any atom is -0.459 e. The van der Waals surface area contributed by atoms with E-state index in [0.717, 1.165) is 11.1 Å². The van der Waals surface area contributed by atoms with Crippen molar-refractivity contribution in [2.45, 2.75) is 32.2 Å². The molecule has 0 spiro atoms. The van der Waals surface area contributed by atoms with Crippen molar-refractivity contribution in [3.05, 3.63) is 29.3 Å². The van der Waals surface area contributed by atoms with Crippen LogP contribution in [-0.2, 0) is 10.3 Å². The Labute approximate surface area is 89.6 Å². The third-order valence-corrected chi connectivity index (χ3v) is 3.24. The number of hydrogen-bond donors (Lipinski definition) is 1. The summed E-state index contributed by atoms with van der Waals surface area (Å²) in [4.78, 5) is 0. The van der Waals surface area contributed by atoms with E-state index in [9.17, 15) is 5.11 Å². The molecular weight excluding hydrogens is 192 g/mol.